The smallest absolute Gasteiger partial charge is 0.238 e. The fraction of sp³-hybridized carbons (Fsp3) is 0.273. The van der Waals surface area contributed by atoms with E-state index in [2.05, 4.69) is 32.3 Å². The Morgan fingerprint density at radius 3 is 2.59 bits per heavy atom. The van der Waals surface area contributed by atoms with Gasteiger partial charge in [-0.15, -0.1) is 0 Å². The van der Waals surface area contributed by atoms with Crippen LogP contribution in [0.2, 0.25) is 0 Å². The Bertz CT molecular complexity index is 1050. The van der Waals surface area contributed by atoms with E-state index in [4.69, 9.17) is 20.1 Å². The van der Waals surface area contributed by atoms with Crippen LogP contribution in [0.25, 0.3) is 21.9 Å². The summed E-state index contributed by atoms with van der Waals surface area (Å²) in [6.07, 6.45) is 1.52. The molecule has 2 aromatic carbocycles. The molecule has 4 rings (SSSR count). The van der Waals surface area contributed by atoms with Gasteiger partial charge in [0, 0.05) is 11.8 Å². The molecule has 2 heterocycles. The van der Waals surface area contributed by atoms with Crippen LogP contribution >= 0.6 is 0 Å². The zero-order chi connectivity index (χ0) is 18.9. The van der Waals surface area contributed by atoms with Gasteiger partial charge in [-0.25, -0.2) is 4.98 Å². The van der Waals surface area contributed by atoms with E-state index in [0.29, 0.717) is 17.4 Å². The molecule has 138 valence electrons. The Balaban J connectivity index is 1.76. The number of benzene rings is 2. The summed E-state index contributed by atoms with van der Waals surface area (Å²) in [6, 6.07) is 18.3. The molecule has 5 nitrogen and oxygen atoms in total. The molecule has 0 aliphatic rings. The summed E-state index contributed by atoms with van der Waals surface area (Å²) in [4.78, 5) is 9.74. The molecule has 0 saturated heterocycles. The zero-order valence-electron chi connectivity index (χ0n) is 15.9. The maximum atomic E-state index is 5.97. The van der Waals surface area contributed by atoms with Gasteiger partial charge in [0.2, 0.25) is 5.82 Å². The van der Waals surface area contributed by atoms with Crippen molar-refractivity contribution in [2.45, 2.75) is 12.8 Å². The van der Waals surface area contributed by atoms with Gasteiger partial charge in [0.15, 0.2) is 0 Å². The first-order valence-electron chi connectivity index (χ1n) is 9.33. The molecule has 0 bridgehead atoms. The monoisotopic (exact) mass is 361 g/mol. The highest BCUT2D eigenvalue weighted by Gasteiger charge is 2.25. The van der Waals surface area contributed by atoms with Crippen molar-refractivity contribution in [1.29, 1.82) is 0 Å². The van der Waals surface area contributed by atoms with Crippen molar-refractivity contribution in [3.63, 3.8) is 0 Å². The van der Waals surface area contributed by atoms with Gasteiger partial charge in [-0.1, -0.05) is 30.3 Å². The highest BCUT2D eigenvalue weighted by molar-refractivity contribution is 5.88. The molecule has 27 heavy (non-hydrogen) atoms. The van der Waals surface area contributed by atoms with Crippen molar-refractivity contribution in [2.24, 2.45) is 5.73 Å². The molecule has 0 fully saturated rings. The number of aromatic nitrogens is 2. The van der Waals surface area contributed by atoms with Crippen LogP contribution in [0.3, 0.4) is 0 Å². The summed E-state index contributed by atoms with van der Waals surface area (Å²) in [5.74, 6) is 2.69. The van der Waals surface area contributed by atoms with E-state index in [1.807, 2.05) is 36.4 Å². The summed E-state index contributed by atoms with van der Waals surface area (Å²) in [7, 11) is 4.35. The van der Waals surface area contributed by atoms with E-state index < -0.39 is 0 Å². The fourth-order valence-corrected chi connectivity index (χ4v) is 3.52. The van der Waals surface area contributed by atoms with Gasteiger partial charge in [0.1, 0.15) is 17.2 Å². The van der Waals surface area contributed by atoms with E-state index in [0.717, 1.165) is 52.2 Å². The quantitative estimate of drug-likeness (QED) is 0.529. The van der Waals surface area contributed by atoms with Crippen LogP contribution in [0.15, 0.2) is 59.0 Å². The lowest BCUT2D eigenvalue weighted by Crippen LogP contribution is -2.43. The first-order valence-corrected chi connectivity index (χ1v) is 9.33. The van der Waals surface area contributed by atoms with Crippen LogP contribution in [0.1, 0.15) is 18.0 Å². The zero-order valence-corrected chi connectivity index (χ0v) is 15.9. The predicted molar refractivity (Wildman–Crippen MR) is 111 cm³/mol. The topological polar surface area (TPSA) is 64.9 Å². The summed E-state index contributed by atoms with van der Waals surface area (Å²) >= 11 is 0. The number of nitrogens with two attached hydrogens (primary N) is 1. The normalized spacial score (nSPS) is 12.1. The molecule has 0 spiro atoms. The van der Waals surface area contributed by atoms with Gasteiger partial charge in [0.05, 0.1) is 38.0 Å². The summed E-state index contributed by atoms with van der Waals surface area (Å²) in [5.41, 5.74) is 7.60. The van der Waals surface area contributed by atoms with E-state index >= 15 is 0 Å². The molecular weight excluding hydrogens is 336 g/mol. The lowest BCUT2D eigenvalue weighted by atomic mass is 10.2. The number of hydrogen-bond acceptors (Lipinski definition) is 4. The van der Waals surface area contributed by atoms with Crippen LogP contribution in [-0.4, -0.2) is 37.2 Å². The van der Waals surface area contributed by atoms with E-state index in [1.54, 1.807) is 0 Å². The third-order valence-electron chi connectivity index (χ3n) is 4.93. The number of hydrogen-bond donors (Lipinski definition) is 1. The Kier molecular flexibility index (Phi) is 4.64. The average molecular weight is 361 g/mol. The van der Waals surface area contributed by atoms with Crippen molar-refractivity contribution in [3.05, 3.63) is 66.2 Å². The third kappa shape index (κ3) is 3.56. The molecular formula is C22H25N4O+. The van der Waals surface area contributed by atoms with Crippen molar-refractivity contribution < 1.29 is 4.42 Å². The van der Waals surface area contributed by atoms with Crippen molar-refractivity contribution in [3.8, 4) is 0 Å². The minimum Gasteiger partial charge on any atom is -0.461 e. The van der Waals surface area contributed by atoms with Crippen LogP contribution in [0.4, 0.5) is 5.82 Å². The number of nitrogens with zero attached hydrogens (tertiary/aromatic N) is 3. The Hall–Kier alpha value is -2.76. The van der Waals surface area contributed by atoms with Gasteiger partial charge in [-0.3, -0.25) is 4.48 Å². The molecule has 0 unspecified atom stereocenters. The van der Waals surface area contributed by atoms with Gasteiger partial charge in [-0.2, -0.15) is 4.98 Å². The number of rotatable bonds is 6. The second-order valence-corrected chi connectivity index (χ2v) is 7.46. The molecule has 2 aromatic heterocycles. The van der Waals surface area contributed by atoms with Gasteiger partial charge >= 0.3 is 0 Å². The Morgan fingerprint density at radius 2 is 1.78 bits per heavy atom. The number of fused-ring (bicyclic) bond motifs is 2. The maximum absolute atomic E-state index is 5.97. The molecule has 0 aliphatic heterocycles. The van der Waals surface area contributed by atoms with Crippen LogP contribution in [0, 0.1) is 0 Å². The lowest BCUT2D eigenvalue weighted by Gasteiger charge is -2.29. The highest BCUT2D eigenvalue weighted by Crippen LogP contribution is 2.28. The van der Waals surface area contributed by atoms with E-state index in [9.17, 15) is 0 Å². The summed E-state index contributed by atoms with van der Waals surface area (Å²) in [5, 5.41) is 2.19. The van der Waals surface area contributed by atoms with Gasteiger partial charge in [0.25, 0.3) is 0 Å². The molecule has 0 aliphatic carbocycles. The minimum atomic E-state index is 0.573. The first kappa shape index (κ1) is 17.6. The molecule has 0 radical (unpaired) electrons. The van der Waals surface area contributed by atoms with E-state index in [1.165, 1.54) is 0 Å². The van der Waals surface area contributed by atoms with Crippen molar-refractivity contribution >= 4 is 27.7 Å². The predicted octanol–water partition coefficient (Wildman–Crippen LogP) is 3.88. The van der Waals surface area contributed by atoms with Gasteiger partial charge < -0.3 is 10.2 Å². The van der Waals surface area contributed by atoms with Crippen LogP contribution in [-0.2, 0) is 6.42 Å². The first-order chi connectivity index (χ1) is 13.1. The largest absolute Gasteiger partial charge is 0.461 e. The third-order valence-corrected chi connectivity index (χ3v) is 4.93. The number of quaternary nitrogens is 1. The highest BCUT2D eigenvalue weighted by atomic mass is 16.3. The van der Waals surface area contributed by atoms with E-state index in [-0.39, 0.29) is 0 Å². The molecule has 0 amide bonds. The number of furan rings is 1. The molecule has 4 aromatic rings. The van der Waals surface area contributed by atoms with Gasteiger partial charge in [-0.05, 0) is 30.8 Å². The molecule has 0 atom stereocenters. The maximum Gasteiger partial charge on any atom is 0.238 e. The summed E-state index contributed by atoms with van der Waals surface area (Å²) < 4.78 is 6.65. The fourth-order valence-electron chi connectivity index (χ4n) is 3.52. The molecule has 5 heteroatoms. The second kappa shape index (κ2) is 7.10. The van der Waals surface area contributed by atoms with Crippen molar-refractivity contribution in [1.82, 2.24) is 14.5 Å². The SMILES string of the molecule is C[N+](C)(CCCN)c1nc(Cc2cc3ccccc3o2)nc2ccccc12. The standard InChI is InChI=1S/C22H25N4O/c1-26(2,13-7-12-23)22-18-9-4-5-10-19(18)24-21(25-22)15-17-14-16-8-3-6-11-20(16)27-17/h3-6,8-11,14H,7,12-13,15,23H2,1-2H3/q+1. The second-order valence-electron chi connectivity index (χ2n) is 7.46. The minimum absolute atomic E-state index is 0.573. The summed E-state index contributed by atoms with van der Waals surface area (Å²) in [6.45, 7) is 1.61. The lowest BCUT2D eigenvalue weighted by molar-refractivity contribution is 0.385. The Morgan fingerprint density at radius 1 is 1.00 bits per heavy atom. The van der Waals surface area contributed by atoms with Crippen molar-refractivity contribution in [2.75, 3.05) is 27.2 Å². The average Bonchev–Trinajstić information content (AvgIpc) is 3.08. The van der Waals surface area contributed by atoms with Crippen LogP contribution < -0.4 is 10.2 Å². The molecule has 0 saturated carbocycles. The number of para-hydroxylation sites is 2. The molecule has 2 N–H and O–H groups in total. The van der Waals surface area contributed by atoms with Crippen LogP contribution in [0.5, 0.6) is 0 Å². The Labute approximate surface area is 159 Å².